The molecule has 3 rings (SSSR count). The van der Waals surface area contributed by atoms with Crippen molar-refractivity contribution < 1.29 is 14.3 Å². The number of amides is 2. The van der Waals surface area contributed by atoms with Crippen LogP contribution in [0, 0.1) is 6.92 Å². The first-order chi connectivity index (χ1) is 13.0. The van der Waals surface area contributed by atoms with E-state index < -0.39 is 0 Å². The molecule has 0 spiro atoms. The molecule has 1 aliphatic rings. The summed E-state index contributed by atoms with van der Waals surface area (Å²) in [7, 11) is 1.63. The molecular weight excluding hydrogens is 340 g/mol. The molecule has 0 aliphatic carbocycles. The first kappa shape index (κ1) is 19.0. The van der Waals surface area contributed by atoms with Crippen LogP contribution in [0.2, 0.25) is 0 Å². The van der Waals surface area contributed by atoms with Crippen LogP contribution in [0.25, 0.3) is 0 Å². The number of aryl methyl sites for hydroxylation is 1. The average molecular weight is 366 g/mol. The van der Waals surface area contributed by atoms with Gasteiger partial charge in [-0.1, -0.05) is 29.8 Å². The van der Waals surface area contributed by atoms with Gasteiger partial charge in [0.15, 0.2) is 0 Å². The molecule has 1 aliphatic heterocycles. The van der Waals surface area contributed by atoms with Crippen molar-refractivity contribution in [3.8, 4) is 5.75 Å². The molecule has 142 valence electrons. The van der Waals surface area contributed by atoms with Crippen LogP contribution >= 0.6 is 0 Å². The number of nitrogens with zero attached hydrogens (tertiary/aromatic N) is 1. The quantitative estimate of drug-likeness (QED) is 0.849. The summed E-state index contributed by atoms with van der Waals surface area (Å²) in [6, 6.07) is 13.2. The molecule has 27 heavy (non-hydrogen) atoms. The smallest absolute Gasteiger partial charge is 0.251 e. The van der Waals surface area contributed by atoms with Crippen LogP contribution in [0.3, 0.4) is 0 Å². The molecule has 0 radical (unpaired) electrons. The zero-order chi connectivity index (χ0) is 19.4. The summed E-state index contributed by atoms with van der Waals surface area (Å²) >= 11 is 0. The highest BCUT2D eigenvalue weighted by Crippen LogP contribution is 2.26. The second-order valence-corrected chi connectivity index (χ2v) is 7.06. The van der Waals surface area contributed by atoms with Crippen molar-refractivity contribution in [3.05, 3.63) is 64.7 Å². The first-order valence-electron chi connectivity index (χ1n) is 9.30. The Bertz CT molecular complexity index is 847. The number of hydrogen-bond donors (Lipinski definition) is 1. The Morgan fingerprint density at radius 3 is 2.78 bits per heavy atom. The predicted octanol–water partition coefficient (Wildman–Crippen LogP) is 3.62. The average Bonchev–Trinajstić information content (AvgIpc) is 3.06. The third kappa shape index (κ3) is 4.48. The number of rotatable bonds is 6. The lowest BCUT2D eigenvalue weighted by molar-refractivity contribution is -0.128. The van der Waals surface area contributed by atoms with Gasteiger partial charge in [-0.2, -0.15) is 0 Å². The number of ether oxygens (including phenoxy) is 1. The molecule has 1 N–H and O–H groups in total. The monoisotopic (exact) mass is 366 g/mol. The third-order valence-electron chi connectivity index (χ3n) is 4.93. The SMILES string of the molecule is COc1ccc(C)cc1C(C)NC(=O)c1cccc(CN2CCCC2=O)c1. The topological polar surface area (TPSA) is 58.6 Å². The van der Waals surface area contributed by atoms with Crippen LogP contribution in [0.5, 0.6) is 5.75 Å². The number of carbonyl (C=O) groups is 2. The van der Waals surface area contributed by atoms with Crippen LogP contribution in [0.4, 0.5) is 0 Å². The number of carbonyl (C=O) groups excluding carboxylic acids is 2. The van der Waals surface area contributed by atoms with Crippen molar-refractivity contribution in [2.75, 3.05) is 13.7 Å². The van der Waals surface area contributed by atoms with Crippen LogP contribution in [0.1, 0.15) is 52.9 Å². The van der Waals surface area contributed by atoms with Crippen molar-refractivity contribution >= 4 is 11.8 Å². The maximum absolute atomic E-state index is 12.7. The Morgan fingerprint density at radius 1 is 1.26 bits per heavy atom. The van der Waals surface area contributed by atoms with Gasteiger partial charge in [0.2, 0.25) is 5.91 Å². The minimum atomic E-state index is -0.184. The van der Waals surface area contributed by atoms with Gasteiger partial charge in [0.25, 0.3) is 5.91 Å². The molecule has 2 amide bonds. The molecule has 0 aromatic heterocycles. The molecule has 2 aromatic rings. The van der Waals surface area contributed by atoms with E-state index in [1.165, 1.54) is 0 Å². The maximum atomic E-state index is 12.7. The van der Waals surface area contributed by atoms with Crippen molar-refractivity contribution in [2.24, 2.45) is 0 Å². The van der Waals surface area contributed by atoms with Gasteiger partial charge in [-0.05, 0) is 44.0 Å². The fourth-order valence-electron chi connectivity index (χ4n) is 3.45. The zero-order valence-electron chi connectivity index (χ0n) is 16.1. The van der Waals surface area contributed by atoms with E-state index in [4.69, 9.17) is 4.74 Å². The van der Waals surface area contributed by atoms with Gasteiger partial charge in [-0.15, -0.1) is 0 Å². The Kier molecular flexibility index (Phi) is 5.79. The Morgan fingerprint density at radius 2 is 2.07 bits per heavy atom. The number of nitrogens with one attached hydrogen (secondary N) is 1. The second kappa shape index (κ2) is 8.25. The normalized spacial score (nSPS) is 14.9. The lowest BCUT2D eigenvalue weighted by Gasteiger charge is -2.19. The molecule has 5 nitrogen and oxygen atoms in total. The number of benzene rings is 2. The Hall–Kier alpha value is -2.82. The highest BCUT2D eigenvalue weighted by Gasteiger charge is 2.21. The Labute approximate surface area is 160 Å². The van der Waals surface area contributed by atoms with Crippen LogP contribution in [0.15, 0.2) is 42.5 Å². The van der Waals surface area contributed by atoms with Crippen LogP contribution in [-0.4, -0.2) is 30.4 Å². The molecule has 1 heterocycles. The minimum absolute atomic E-state index is 0.138. The lowest BCUT2D eigenvalue weighted by atomic mass is 10.0. The van der Waals surface area contributed by atoms with Crippen molar-refractivity contribution in [1.29, 1.82) is 0 Å². The summed E-state index contributed by atoms with van der Waals surface area (Å²) in [5.41, 5.74) is 3.63. The molecule has 0 bridgehead atoms. The summed E-state index contributed by atoms with van der Waals surface area (Å²) in [4.78, 5) is 26.4. The summed E-state index contributed by atoms with van der Waals surface area (Å²) in [6.45, 7) is 5.31. The van der Waals surface area contributed by atoms with Gasteiger partial charge < -0.3 is 15.0 Å². The maximum Gasteiger partial charge on any atom is 0.251 e. The zero-order valence-corrected chi connectivity index (χ0v) is 16.1. The van der Waals surface area contributed by atoms with E-state index in [0.29, 0.717) is 18.5 Å². The van der Waals surface area contributed by atoms with Gasteiger partial charge in [0.1, 0.15) is 5.75 Å². The second-order valence-electron chi connectivity index (χ2n) is 7.06. The van der Waals surface area contributed by atoms with Gasteiger partial charge in [0, 0.05) is 30.6 Å². The number of likely N-dealkylation sites (tertiary alicyclic amines) is 1. The number of hydrogen-bond acceptors (Lipinski definition) is 3. The fraction of sp³-hybridized carbons (Fsp3) is 0.364. The van der Waals surface area contributed by atoms with Crippen molar-refractivity contribution in [3.63, 3.8) is 0 Å². The molecule has 1 atom stereocenters. The molecule has 1 fully saturated rings. The summed E-state index contributed by atoms with van der Waals surface area (Å²) in [5.74, 6) is 0.806. The molecule has 2 aromatic carbocycles. The van der Waals surface area contributed by atoms with E-state index in [-0.39, 0.29) is 17.9 Å². The highest BCUT2D eigenvalue weighted by atomic mass is 16.5. The van der Waals surface area contributed by atoms with E-state index in [9.17, 15) is 9.59 Å². The highest BCUT2D eigenvalue weighted by molar-refractivity contribution is 5.94. The summed E-state index contributed by atoms with van der Waals surface area (Å²) in [5, 5.41) is 3.04. The van der Waals surface area contributed by atoms with Gasteiger partial charge in [-0.3, -0.25) is 9.59 Å². The third-order valence-corrected chi connectivity index (χ3v) is 4.93. The van der Waals surface area contributed by atoms with Gasteiger partial charge >= 0.3 is 0 Å². The molecule has 5 heteroatoms. The van der Waals surface area contributed by atoms with E-state index >= 15 is 0 Å². The van der Waals surface area contributed by atoms with E-state index in [1.54, 1.807) is 13.2 Å². The van der Waals surface area contributed by atoms with Crippen LogP contribution in [-0.2, 0) is 11.3 Å². The molecule has 1 saturated heterocycles. The van der Waals surface area contributed by atoms with E-state index in [0.717, 1.165) is 35.4 Å². The van der Waals surface area contributed by atoms with E-state index in [1.807, 2.05) is 55.1 Å². The Balaban J connectivity index is 1.71. The van der Waals surface area contributed by atoms with Crippen molar-refractivity contribution in [1.82, 2.24) is 10.2 Å². The molecule has 0 saturated carbocycles. The van der Waals surface area contributed by atoms with Gasteiger partial charge in [0.05, 0.1) is 13.2 Å². The lowest BCUT2D eigenvalue weighted by Crippen LogP contribution is -2.27. The fourth-order valence-corrected chi connectivity index (χ4v) is 3.45. The van der Waals surface area contributed by atoms with Crippen LogP contribution < -0.4 is 10.1 Å². The van der Waals surface area contributed by atoms with Gasteiger partial charge in [-0.25, -0.2) is 0 Å². The number of methoxy groups -OCH3 is 1. The van der Waals surface area contributed by atoms with E-state index in [2.05, 4.69) is 5.32 Å². The standard InChI is InChI=1S/C22H26N2O3/c1-15-9-10-20(27-3)19(12-15)16(2)23-22(26)18-7-4-6-17(13-18)14-24-11-5-8-21(24)25/h4,6-7,9-10,12-13,16H,5,8,11,14H2,1-3H3,(H,23,26). The summed E-state index contributed by atoms with van der Waals surface area (Å²) in [6.07, 6.45) is 1.53. The first-order valence-corrected chi connectivity index (χ1v) is 9.30. The van der Waals surface area contributed by atoms with Crippen molar-refractivity contribution in [2.45, 2.75) is 39.3 Å². The predicted molar refractivity (Wildman–Crippen MR) is 105 cm³/mol. The molecule has 1 unspecified atom stereocenters. The minimum Gasteiger partial charge on any atom is -0.496 e. The largest absolute Gasteiger partial charge is 0.496 e. The molecular formula is C22H26N2O3. The summed E-state index contributed by atoms with van der Waals surface area (Å²) < 4.78 is 5.42.